The minimum absolute atomic E-state index is 0.454. The lowest BCUT2D eigenvalue weighted by Gasteiger charge is -2.31. The molecule has 0 N–H and O–H groups in total. The van der Waals surface area contributed by atoms with Crippen molar-refractivity contribution in [1.82, 2.24) is 9.97 Å². The van der Waals surface area contributed by atoms with Crippen LogP contribution in [0.2, 0.25) is 0 Å². The van der Waals surface area contributed by atoms with Crippen molar-refractivity contribution in [3.63, 3.8) is 0 Å². The van der Waals surface area contributed by atoms with E-state index >= 15 is 0 Å². The summed E-state index contributed by atoms with van der Waals surface area (Å²) < 4.78 is 0. The highest BCUT2D eigenvalue weighted by atomic mass is 14.9. The van der Waals surface area contributed by atoms with Gasteiger partial charge in [0.2, 0.25) is 0 Å². The SMILES string of the molecule is c1ccc(-c2cc(-c3ccc4c(c3)-c3ccccc3C43c4ccccc4-c4c3cc3c5c(cccc45)-c4ccccc4-3)nc(-c3ccccc3)n2)cc1. The zero-order chi connectivity index (χ0) is 34.7. The minimum Gasteiger partial charge on any atom is -0.228 e. The smallest absolute Gasteiger partial charge is 0.160 e. The van der Waals surface area contributed by atoms with Gasteiger partial charge in [-0.05, 0) is 95.7 Å². The summed E-state index contributed by atoms with van der Waals surface area (Å²) in [5.74, 6) is 0.725. The number of nitrogens with zero attached hydrogens (tertiary/aromatic N) is 2. The third-order valence-electron chi connectivity index (χ3n) is 11.8. The predicted molar refractivity (Wildman–Crippen MR) is 217 cm³/mol. The highest BCUT2D eigenvalue weighted by Crippen LogP contribution is 2.65. The molecule has 2 heteroatoms. The van der Waals surface area contributed by atoms with Crippen LogP contribution in [0.25, 0.3) is 89.2 Å². The molecule has 53 heavy (non-hydrogen) atoms. The van der Waals surface area contributed by atoms with Crippen LogP contribution < -0.4 is 0 Å². The fourth-order valence-corrected chi connectivity index (χ4v) is 9.73. The van der Waals surface area contributed by atoms with Crippen LogP contribution in [0, 0.1) is 0 Å². The molecule has 1 aromatic heterocycles. The molecule has 2 nitrogen and oxygen atoms in total. The quantitative estimate of drug-likeness (QED) is 0.187. The summed E-state index contributed by atoms with van der Waals surface area (Å²) in [5, 5.41) is 2.70. The van der Waals surface area contributed by atoms with Gasteiger partial charge in [-0.2, -0.15) is 0 Å². The molecule has 0 amide bonds. The van der Waals surface area contributed by atoms with E-state index in [0.29, 0.717) is 0 Å². The van der Waals surface area contributed by atoms with Crippen LogP contribution in [0.15, 0.2) is 182 Å². The average Bonchev–Trinajstić information content (AvgIpc) is 3.84. The summed E-state index contributed by atoms with van der Waals surface area (Å²) in [6, 6.07) is 66.4. The number of hydrogen-bond acceptors (Lipinski definition) is 2. The van der Waals surface area contributed by atoms with Gasteiger partial charge in [0, 0.05) is 16.7 Å². The summed E-state index contributed by atoms with van der Waals surface area (Å²) in [6.45, 7) is 0. The lowest BCUT2D eigenvalue weighted by molar-refractivity contribution is 0.795. The fourth-order valence-electron chi connectivity index (χ4n) is 9.73. The third-order valence-corrected chi connectivity index (χ3v) is 11.8. The Morgan fingerprint density at radius 2 is 0.887 bits per heavy atom. The maximum Gasteiger partial charge on any atom is 0.160 e. The minimum atomic E-state index is -0.454. The van der Waals surface area contributed by atoms with Gasteiger partial charge in [0.05, 0.1) is 16.8 Å². The molecule has 8 aromatic carbocycles. The molecule has 1 unspecified atom stereocenters. The monoisotopic (exact) mass is 670 g/mol. The number of benzene rings is 8. The third kappa shape index (κ3) is 3.77. The Hall–Kier alpha value is -6.90. The zero-order valence-electron chi connectivity index (χ0n) is 28.7. The van der Waals surface area contributed by atoms with E-state index in [1.807, 2.05) is 24.3 Å². The number of fused-ring (bicyclic) bond motifs is 14. The standard InChI is InChI=1S/C51H30N2/c1-3-14-31(15-4-1)46-30-47(53-50(52-46)32-16-5-2-6-17-32)33-26-27-44-40(28-33)36-20-9-11-24-42(36)51(44)43-25-12-10-21-38(43)49-39-23-13-22-37-34-18-7-8-19-35(34)41(48(37)39)29-45(49)51/h1-30H. The van der Waals surface area contributed by atoms with Crippen molar-refractivity contribution in [2.24, 2.45) is 0 Å². The van der Waals surface area contributed by atoms with Crippen LogP contribution in [0.5, 0.6) is 0 Å². The van der Waals surface area contributed by atoms with Crippen molar-refractivity contribution in [2.45, 2.75) is 5.41 Å². The molecular weight excluding hydrogens is 641 g/mol. The van der Waals surface area contributed by atoms with Crippen molar-refractivity contribution in [2.75, 3.05) is 0 Å². The Labute approximate surface area is 307 Å². The van der Waals surface area contributed by atoms with Crippen LogP contribution in [0.3, 0.4) is 0 Å². The molecule has 9 aromatic rings. The van der Waals surface area contributed by atoms with E-state index in [1.54, 1.807) is 0 Å². The van der Waals surface area contributed by atoms with Gasteiger partial charge in [0.25, 0.3) is 0 Å². The lowest BCUT2D eigenvalue weighted by atomic mass is 9.70. The molecular formula is C51H30N2. The number of hydrogen-bond donors (Lipinski definition) is 0. The lowest BCUT2D eigenvalue weighted by Crippen LogP contribution is -2.25. The van der Waals surface area contributed by atoms with E-state index in [-0.39, 0.29) is 0 Å². The van der Waals surface area contributed by atoms with Crippen LogP contribution in [-0.4, -0.2) is 9.97 Å². The van der Waals surface area contributed by atoms with Crippen molar-refractivity contribution < 1.29 is 0 Å². The van der Waals surface area contributed by atoms with Crippen LogP contribution >= 0.6 is 0 Å². The normalized spacial score (nSPS) is 15.2. The van der Waals surface area contributed by atoms with E-state index in [1.165, 1.54) is 77.5 Å². The van der Waals surface area contributed by atoms with E-state index in [0.717, 1.165) is 33.9 Å². The molecule has 244 valence electrons. The van der Waals surface area contributed by atoms with Crippen LogP contribution in [-0.2, 0) is 5.41 Å². The Kier molecular flexibility index (Phi) is 5.73. The predicted octanol–water partition coefficient (Wildman–Crippen LogP) is 12.6. The van der Waals surface area contributed by atoms with Crippen molar-refractivity contribution in [3.8, 4) is 78.4 Å². The Morgan fingerprint density at radius 3 is 1.64 bits per heavy atom. The molecule has 1 heterocycles. The van der Waals surface area contributed by atoms with E-state index in [2.05, 4.69) is 158 Å². The second kappa shape index (κ2) is 10.6. The fraction of sp³-hybridized carbons (Fsp3) is 0.0196. The number of rotatable bonds is 3. The topological polar surface area (TPSA) is 25.8 Å². The van der Waals surface area contributed by atoms with Crippen molar-refractivity contribution in [1.29, 1.82) is 0 Å². The summed E-state index contributed by atoms with van der Waals surface area (Å²) in [7, 11) is 0. The molecule has 0 aliphatic heterocycles. The maximum atomic E-state index is 5.21. The molecule has 0 saturated carbocycles. The van der Waals surface area contributed by atoms with Gasteiger partial charge in [0.1, 0.15) is 0 Å². The first-order valence-corrected chi connectivity index (χ1v) is 18.3. The molecule has 0 fully saturated rings. The first-order valence-electron chi connectivity index (χ1n) is 18.3. The second-order valence-corrected chi connectivity index (χ2v) is 14.4. The van der Waals surface area contributed by atoms with Gasteiger partial charge in [-0.1, -0.05) is 164 Å². The zero-order valence-corrected chi connectivity index (χ0v) is 28.7. The Morgan fingerprint density at radius 1 is 0.321 bits per heavy atom. The highest BCUT2D eigenvalue weighted by molar-refractivity contribution is 6.21. The summed E-state index contributed by atoms with van der Waals surface area (Å²) >= 11 is 0. The van der Waals surface area contributed by atoms with Gasteiger partial charge in [-0.3, -0.25) is 0 Å². The molecule has 1 atom stereocenters. The second-order valence-electron chi connectivity index (χ2n) is 14.4. The van der Waals surface area contributed by atoms with Gasteiger partial charge >= 0.3 is 0 Å². The van der Waals surface area contributed by atoms with Crippen LogP contribution in [0.4, 0.5) is 0 Å². The van der Waals surface area contributed by atoms with Gasteiger partial charge in [-0.25, -0.2) is 9.97 Å². The Bertz CT molecular complexity index is 2940. The van der Waals surface area contributed by atoms with E-state index < -0.39 is 5.41 Å². The molecule has 0 saturated heterocycles. The van der Waals surface area contributed by atoms with Gasteiger partial charge in [-0.15, -0.1) is 0 Å². The molecule has 3 aliphatic rings. The highest BCUT2D eigenvalue weighted by Gasteiger charge is 2.52. The first kappa shape index (κ1) is 28.8. The maximum absolute atomic E-state index is 5.21. The first-order chi connectivity index (χ1) is 26.3. The summed E-state index contributed by atoms with van der Waals surface area (Å²) in [6.07, 6.45) is 0. The Balaban J connectivity index is 1.14. The number of aromatic nitrogens is 2. The van der Waals surface area contributed by atoms with Crippen molar-refractivity contribution >= 4 is 10.8 Å². The summed E-state index contributed by atoms with van der Waals surface area (Å²) in [4.78, 5) is 10.3. The average molecular weight is 671 g/mol. The van der Waals surface area contributed by atoms with Gasteiger partial charge < -0.3 is 0 Å². The molecule has 3 aliphatic carbocycles. The van der Waals surface area contributed by atoms with E-state index in [4.69, 9.17) is 9.97 Å². The molecule has 0 radical (unpaired) electrons. The molecule has 1 spiro atoms. The largest absolute Gasteiger partial charge is 0.228 e. The summed E-state index contributed by atoms with van der Waals surface area (Å²) in [5.41, 5.74) is 20.4. The van der Waals surface area contributed by atoms with Gasteiger partial charge in [0.15, 0.2) is 5.82 Å². The molecule has 12 rings (SSSR count). The van der Waals surface area contributed by atoms with Crippen LogP contribution in [0.1, 0.15) is 22.3 Å². The van der Waals surface area contributed by atoms with Crippen molar-refractivity contribution in [3.05, 3.63) is 204 Å². The molecule has 0 bridgehead atoms. The van der Waals surface area contributed by atoms with E-state index in [9.17, 15) is 0 Å².